The topological polar surface area (TPSA) is 0 Å². The SMILES string of the molecule is C#CCC(C#C)C=Cc1ccccc1. The molecule has 0 N–H and O–H groups in total. The van der Waals surface area contributed by atoms with Gasteiger partial charge >= 0.3 is 0 Å². The van der Waals surface area contributed by atoms with Crippen LogP contribution in [0.15, 0.2) is 36.4 Å². The summed E-state index contributed by atoms with van der Waals surface area (Å²) in [6.45, 7) is 0. The Kier molecular flexibility index (Phi) is 4.12. The molecule has 1 rings (SSSR count). The van der Waals surface area contributed by atoms with Crippen LogP contribution < -0.4 is 0 Å². The van der Waals surface area contributed by atoms with Crippen LogP contribution in [-0.2, 0) is 0 Å². The van der Waals surface area contributed by atoms with Gasteiger partial charge in [-0.05, 0) is 5.56 Å². The highest BCUT2D eigenvalue weighted by molar-refractivity contribution is 5.49. The Morgan fingerprint density at radius 3 is 2.50 bits per heavy atom. The zero-order chi connectivity index (χ0) is 10.2. The molecule has 14 heavy (non-hydrogen) atoms. The maximum absolute atomic E-state index is 5.33. The van der Waals surface area contributed by atoms with Crippen molar-refractivity contribution in [2.45, 2.75) is 6.42 Å². The number of terminal acetylenes is 2. The Hall–Kier alpha value is -1.92. The molecule has 0 aliphatic heterocycles. The van der Waals surface area contributed by atoms with Gasteiger partial charge in [-0.25, -0.2) is 0 Å². The first-order valence-electron chi connectivity index (χ1n) is 4.49. The van der Waals surface area contributed by atoms with Crippen molar-refractivity contribution in [1.82, 2.24) is 0 Å². The van der Waals surface area contributed by atoms with Crippen LogP contribution in [-0.4, -0.2) is 0 Å². The molecule has 0 saturated heterocycles. The molecule has 0 amide bonds. The van der Waals surface area contributed by atoms with Crippen LogP contribution in [0.25, 0.3) is 6.08 Å². The predicted molar refractivity (Wildman–Crippen MR) is 61.2 cm³/mol. The molecule has 1 atom stereocenters. The minimum atomic E-state index is 0.0419. The van der Waals surface area contributed by atoms with Gasteiger partial charge in [0.05, 0.1) is 0 Å². The molecule has 0 aromatic heterocycles. The van der Waals surface area contributed by atoms with E-state index in [1.165, 1.54) is 0 Å². The van der Waals surface area contributed by atoms with E-state index in [4.69, 9.17) is 12.8 Å². The first-order chi connectivity index (χ1) is 6.86. The van der Waals surface area contributed by atoms with Crippen molar-refractivity contribution in [3.8, 4) is 24.7 Å². The molecule has 0 saturated carbocycles. The van der Waals surface area contributed by atoms with Gasteiger partial charge in [0.15, 0.2) is 0 Å². The molecule has 0 radical (unpaired) electrons. The molecule has 0 heterocycles. The highest BCUT2D eigenvalue weighted by Gasteiger charge is 1.95. The van der Waals surface area contributed by atoms with Crippen LogP contribution in [0, 0.1) is 30.6 Å². The van der Waals surface area contributed by atoms with Crippen molar-refractivity contribution in [3.63, 3.8) is 0 Å². The lowest BCUT2D eigenvalue weighted by Crippen LogP contribution is -1.88. The van der Waals surface area contributed by atoms with Crippen LogP contribution in [0.3, 0.4) is 0 Å². The molecule has 1 aromatic carbocycles. The first-order valence-corrected chi connectivity index (χ1v) is 4.49. The van der Waals surface area contributed by atoms with Crippen molar-refractivity contribution < 1.29 is 0 Å². The molecule has 0 spiro atoms. The van der Waals surface area contributed by atoms with Gasteiger partial charge in [0.25, 0.3) is 0 Å². The van der Waals surface area contributed by atoms with Crippen molar-refractivity contribution >= 4 is 6.08 Å². The Labute approximate surface area is 85.7 Å². The van der Waals surface area contributed by atoms with Crippen LogP contribution in [0.5, 0.6) is 0 Å². The number of hydrogen-bond acceptors (Lipinski definition) is 0. The molecular weight excluding hydrogens is 168 g/mol. The van der Waals surface area contributed by atoms with Crippen molar-refractivity contribution in [3.05, 3.63) is 42.0 Å². The van der Waals surface area contributed by atoms with Crippen molar-refractivity contribution in [1.29, 1.82) is 0 Å². The van der Waals surface area contributed by atoms with Gasteiger partial charge in [0.1, 0.15) is 0 Å². The average Bonchev–Trinajstić information content (AvgIpc) is 2.25. The van der Waals surface area contributed by atoms with Gasteiger partial charge in [-0.3, -0.25) is 0 Å². The Balaban J connectivity index is 2.65. The highest BCUT2D eigenvalue weighted by atomic mass is 14.0. The summed E-state index contributed by atoms with van der Waals surface area (Å²) in [5.41, 5.74) is 1.14. The van der Waals surface area contributed by atoms with E-state index < -0.39 is 0 Å². The maximum Gasteiger partial charge on any atom is 0.0492 e. The molecule has 68 valence electrons. The van der Waals surface area contributed by atoms with Gasteiger partial charge in [-0.15, -0.1) is 18.8 Å². The summed E-state index contributed by atoms with van der Waals surface area (Å²) in [5, 5.41) is 0. The fraction of sp³-hybridized carbons (Fsp3) is 0.143. The average molecular weight is 180 g/mol. The van der Waals surface area contributed by atoms with Gasteiger partial charge in [0.2, 0.25) is 0 Å². The summed E-state index contributed by atoms with van der Waals surface area (Å²) in [4.78, 5) is 0. The lowest BCUT2D eigenvalue weighted by molar-refractivity contribution is 0.890. The van der Waals surface area contributed by atoms with Crippen molar-refractivity contribution in [2.75, 3.05) is 0 Å². The summed E-state index contributed by atoms with van der Waals surface area (Å²) >= 11 is 0. The molecule has 0 heteroatoms. The molecule has 0 bridgehead atoms. The summed E-state index contributed by atoms with van der Waals surface area (Å²) in [7, 11) is 0. The summed E-state index contributed by atoms with van der Waals surface area (Å²) in [6, 6.07) is 10.0. The lowest BCUT2D eigenvalue weighted by Gasteiger charge is -1.98. The number of benzene rings is 1. The van der Waals surface area contributed by atoms with Crippen LogP contribution in [0.2, 0.25) is 0 Å². The van der Waals surface area contributed by atoms with Gasteiger partial charge in [-0.2, -0.15) is 0 Å². The fourth-order valence-electron chi connectivity index (χ4n) is 1.10. The van der Waals surface area contributed by atoms with E-state index in [0.717, 1.165) is 5.56 Å². The molecule has 0 nitrogen and oxygen atoms in total. The summed E-state index contributed by atoms with van der Waals surface area (Å²) < 4.78 is 0. The van der Waals surface area contributed by atoms with E-state index in [0.29, 0.717) is 6.42 Å². The zero-order valence-corrected chi connectivity index (χ0v) is 7.98. The second-order valence-electron chi connectivity index (χ2n) is 2.95. The quantitative estimate of drug-likeness (QED) is 0.627. The van der Waals surface area contributed by atoms with Crippen LogP contribution in [0.1, 0.15) is 12.0 Å². The van der Waals surface area contributed by atoms with E-state index in [-0.39, 0.29) is 5.92 Å². The number of hydrogen-bond donors (Lipinski definition) is 0. The minimum Gasteiger partial charge on any atom is -0.120 e. The normalized spacial score (nSPS) is 11.9. The van der Waals surface area contributed by atoms with Crippen LogP contribution in [0.4, 0.5) is 0 Å². The smallest absolute Gasteiger partial charge is 0.0492 e. The highest BCUT2D eigenvalue weighted by Crippen LogP contribution is 2.07. The third-order valence-electron chi connectivity index (χ3n) is 1.87. The first kappa shape index (κ1) is 10.2. The second-order valence-corrected chi connectivity index (χ2v) is 2.95. The molecular formula is C14H12. The Bertz CT molecular complexity index is 371. The molecule has 1 unspecified atom stereocenters. The minimum absolute atomic E-state index is 0.0419. The summed E-state index contributed by atoms with van der Waals surface area (Å²) in [6.07, 6.45) is 15.1. The lowest BCUT2D eigenvalue weighted by atomic mass is 10.1. The maximum atomic E-state index is 5.33. The van der Waals surface area contributed by atoms with E-state index in [9.17, 15) is 0 Å². The van der Waals surface area contributed by atoms with Crippen LogP contribution >= 0.6 is 0 Å². The monoisotopic (exact) mass is 180 g/mol. The third kappa shape index (κ3) is 3.21. The predicted octanol–water partition coefficient (Wildman–Crippen LogP) is 2.97. The van der Waals surface area contributed by atoms with Gasteiger partial charge < -0.3 is 0 Å². The third-order valence-corrected chi connectivity index (χ3v) is 1.87. The van der Waals surface area contributed by atoms with E-state index >= 15 is 0 Å². The summed E-state index contributed by atoms with van der Waals surface area (Å²) in [5.74, 6) is 5.25. The fourth-order valence-corrected chi connectivity index (χ4v) is 1.10. The molecule has 0 fully saturated rings. The molecule has 0 aliphatic carbocycles. The van der Waals surface area contributed by atoms with E-state index in [1.54, 1.807) is 0 Å². The standard InChI is InChI=1S/C14H12/c1-3-8-13(4-2)11-12-14-9-6-5-7-10-14/h1-2,5-7,9-13H,8H2. The van der Waals surface area contributed by atoms with Gasteiger partial charge in [0, 0.05) is 12.3 Å². The molecule has 0 aliphatic rings. The van der Waals surface area contributed by atoms with Gasteiger partial charge in [-0.1, -0.05) is 48.4 Å². The van der Waals surface area contributed by atoms with E-state index in [1.807, 2.05) is 42.5 Å². The molecule has 1 aromatic rings. The largest absolute Gasteiger partial charge is 0.120 e. The number of rotatable bonds is 3. The van der Waals surface area contributed by atoms with Crippen molar-refractivity contribution in [2.24, 2.45) is 5.92 Å². The Morgan fingerprint density at radius 1 is 1.21 bits per heavy atom. The van der Waals surface area contributed by atoms with E-state index in [2.05, 4.69) is 11.8 Å². The second kappa shape index (κ2) is 5.68. The zero-order valence-electron chi connectivity index (χ0n) is 7.98. The number of allylic oxidation sites excluding steroid dienone is 1. The Morgan fingerprint density at radius 2 is 1.93 bits per heavy atom.